The summed E-state index contributed by atoms with van der Waals surface area (Å²) in [7, 11) is 0. The minimum Gasteiger partial charge on any atom is -0.259 e. The van der Waals surface area contributed by atoms with Gasteiger partial charge in [0.1, 0.15) is 6.07 Å². The molecule has 0 N–H and O–H groups in total. The number of aromatic nitrogens is 2. The fraction of sp³-hybridized carbons (Fsp3) is 0.138. The van der Waals surface area contributed by atoms with Crippen molar-refractivity contribution >= 4 is 27.2 Å². The second-order valence-corrected chi connectivity index (χ2v) is 18.0. The molecule has 7 aromatic carbocycles. The van der Waals surface area contributed by atoms with Gasteiger partial charge in [0.2, 0.25) is 5.69 Å². The van der Waals surface area contributed by atoms with Crippen molar-refractivity contribution in [3.05, 3.63) is 198 Å². The standard InChI is InChI=1S/C58H46N4/c1-57(2,3)41-30-26-37(27-31-41)50-34-47(49(36-59)54(61-50)39-18-10-8-11-19-39)52-43-22-14-16-24-45(43)53(46-25-17-15-23-44(46)52)48-35-51(38-28-32-42(33-29-38)58(4,5)6)62-55(56(48)60-7)40-20-12-9-13-21-40/h8-35H,1-6H3. The van der Waals surface area contributed by atoms with E-state index in [9.17, 15) is 5.26 Å². The third-order valence-electron chi connectivity index (χ3n) is 11.9. The lowest BCUT2D eigenvalue weighted by molar-refractivity contribution is 0.590. The van der Waals surface area contributed by atoms with Gasteiger partial charge in [0.15, 0.2) is 0 Å². The Morgan fingerprint density at radius 2 is 0.823 bits per heavy atom. The summed E-state index contributed by atoms with van der Waals surface area (Å²) in [5.41, 5.74) is 13.5. The smallest absolute Gasteiger partial charge is 0.220 e. The van der Waals surface area contributed by atoms with Gasteiger partial charge < -0.3 is 0 Å². The fourth-order valence-corrected chi connectivity index (χ4v) is 8.59. The number of hydrogen-bond acceptors (Lipinski definition) is 3. The van der Waals surface area contributed by atoms with Gasteiger partial charge in [0, 0.05) is 22.3 Å². The molecular formula is C58H46N4. The minimum atomic E-state index is -0.00199. The normalized spacial score (nSPS) is 11.7. The van der Waals surface area contributed by atoms with Crippen molar-refractivity contribution in [1.82, 2.24) is 9.97 Å². The Labute approximate surface area is 364 Å². The second kappa shape index (κ2) is 15.7. The summed E-state index contributed by atoms with van der Waals surface area (Å²) in [6.07, 6.45) is 0. The summed E-state index contributed by atoms with van der Waals surface area (Å²) in [4.78, 5) is 14.8. The summed E-state index contributed by atoms with van der Waals surface area (Å²) in [6.45, 7) is 22.0. The number of benzene rings is 7. The van der Waals surface area contributed by atoms with Crippen molar-refractivity contribution < 1.29 is 0 Å². The third-order valence-corrected chi connectivity index (χ3v) is 11.9. The Kier molecular flexibility index (Phi) is 10.1. The van der Waals surface area contributed by atoms with Crippen molar-refractivity contribution in [3.8, 4) is 73.4 Å². The molecule has 9 rings (SSSR count). The molecule has 0 unspecified atom stereocenters. The first-order valence-electron chi connectivity index (χ1n) is 21.1. The minimum absolute atomic E-state index is 0.000410. The molecule has 0 radical (unpaired) electrons. The largest absolute Gasteiger partial charge is 0.259 e. The van der Waals surface area contributed by atoms with Crippen molar-refractivity contribution in [3.63, 3.8) is 0 Å². The molecule has 2 heterocycles. The lowest BCUT2D eigenvalue weighted by Crippen LogP contribution is -2.10. The topological polar surface area (TPSA) is 53.9 Å². The molecule has 9 aromatic rings. The van der Waals surface area contributed by atoms with Crippen LogP contribution < -0.4 is 0 Å². The van der Waals surface area contributed by atoms with Crippen LogP contribution in [0.4, 0.5) is 5.69 Å². The van der Waals surface area contributed by atoms with Crippen LogP contribution in [0.25, 0.3) is 93.7 Å². The van der Waals surface area contributed by atoms with Crippen LogP contribution in [-0.2, 0) is 10.8 Å². The van der Waals surface area contributed by atoms with E-state index in [4.69, 9.17) is 16.5 Å². The lowest BCUT2D eigenvalue weighted by atomic mass is 9.83. The van der Waals surface area contributed by atoms with Crippen molar-refractivity contribution in [2.75, 3.05) is 0 Å². The van der Waals surface area contributed by atoms with Gasteiger partial charge in [-0.3, -0.25) is 4.98 Å². The molecule has 62 heavy (non-hydrogen) atoms. The molecule has 298 valence electrons. The van der Waals surface area contributed by atoms with Gasteiger partial charge in [0.05, 0.1) is 34.9 Å². The van der Waals surface area contributed by atoms with E-state index in [2.05, 4.69) is 162 Å². The summed E-state index contributed by atoms with van der Waals surface area (Å²) in [5, 5.41) is 15.1. The summed E-state index contributed by atoms with van der Waals surface area (Å²) in [6, 6.07) is 60.9. The van der Waals surface area contributed by atoms with E-state index in [-0.39, 0.29) is 10.8 Å². The monoisotopic (exact) mass is 798 g/mol. The SMILES string of the molecule is [C-]#[N+]c1c(-c2c3ccccc3c(-c3cc(-c4ccc(C(C)(C)C)cc4)nc(-c4ccccc4)c3C#N)c3ccccc23)cc(-c2ccc(C(C)(C)C)cc2)nc1-c1ccccc1. The second-order valence-electron chi connectivity index (χ2n) is 18.0. The van der Waals surface area contributed by atoms with Gasteiger partial charge in [0.25, 0.3) is 0 Å². The molecule has 4 nitrogen and oxygen atoms in total. The van der Waals surface area contributed by atoms with Crippen LogP contribution in [0.5, 0.6) is 0 Å². The number of nitrogens with zero attached hydrogens (tertiary/aromatic N) is 4. The van der Waals surface area contributed by atoms with Crippen LogP contribution in [0.1, 0.15) is 58.2 Å². The highest BCUT2D eigenvalue weighted by Crippen LogP contribution is 2.50. The van der Waals surface area contributed by atoms with Gasteiger partial charge in [-0.2, -0.15) is 5.26 Å². The van der Waals surface area contributed by atoms with E-state index in [1.54, 1.807) is 0 Å². The summed E-state index contributed by atoms with van der Waals surface area (Å²) in [5.74, 6) is 0. The Bertz CT molecular complexity index is 2950. The van der Waals surface area contributed by atoms with Crippen molar-refractivity contribution in [2.45, 2.75) is 52.4 Å². The van der Waals surface area contributed by atoms with Crippen LogP contribution >= 0.6 is 0 Å². The molecule has 0 amide bonds. The molecule has 4 heteroatoms. The highest BCUT2D eigenvalue weighted by Gasteiger charge is 2.26. The van der Waals surface area contributed by atoms with Gasteiger partial charge in [-0.15, -0.1) is 0 Å². The van der Waals surface area contributed by atoms with Gasteiger partial charge in [-0.25, -0.2) is 9.83 Å². The summed E-state index contributed by atoms with van der Waals surface area (Å²) >= 11 is 0. The zero-order valence-corrected chi connectivity index (χ0v) is 36.0. The van der Waals surface area contributed by atoms with Gasteiger partial charge in [-0.05, 0) is 77.9 Å². The number of fused-ring (bicyclic) bond motifs is 2. The highest BCUT2D eigenvalue weighted by atomic mass is 14.8. The average Bonchev–Trinajstić information content (AvgIpc) is 3.30. The summed E-state index contributed by atoms with van der Waals surface area (Å²) < 4.78 is 0. The van der Waals surface area contributed by atoms with Crippen LogP contribution in [0.2, 0.25) is 0 Å². The molecule has 0 atom stereocenters. The lowest BCUT2D eigenvalue weighted by Gasteiger charge is -2.22. The Hall–Kier alpha value is -7.66. The first-order chi connectivity index (χ1) is 29.9. The Morgan fingerprint density at radius 1 is 0.452 bits per heavy atom. The predicted octanol–water partition coefficient (Wildman–Crippen LogP) is 15.8. The van der Waals surface area contributed by atoms with Crippen LogP contribution in [-0.4, -0.2) is 9.97 Å². The van der Waals surface area contributed by atoms with Crippen molar-refractivity contribution in [2.24, 2.45) is 0 Å². The predicted molar refractivity (Wildman–Crippen MR) is 258 cm³/mol. The van der Waals surface area contributed by atoms with E-state index in [1.807, 2.05) is 60.7 Å². The quantitative estimate of drug-likeness (QED) is 0.124. The number of nitriles is 1. The molecule has 0 aliphatic heterocycles. The maximum Gasteiger partial charge on any atom is 0.220 e. The first kappa shape index (κ1) is 39.8. The Morgan fingerprint density at radius 3 is 1.23 bits per heavy atom. The molecule has 0 saturated carbocycles. The van der Waals surface area contributed by atoms with Crippen molar-refractivity contribution in [1.29, 1.82) is 5.26 Å². The van der Waals surface area contributed by atoms with Gasteiger partial charge >= 0.3 is 0 Å². The molecule has 0 bridgehead atoms. The first-order valence-corrected chi connectivity index (χ1v) is 21.1. The van der Waals surface area contributed by atoms with E-state index in [0.717, 1.165) is 77.4 Å². The zero-order valence-electron chi connectivity index (χ0n) is 36.0. The highest BCUT2D eigenvalue weighted by molar-refractivity contribution is 6.23. The maximum absolute atomic E-state index is 11.2. The zero-order chi connectivity index (χ0) is 43.2. The van der Waals surface area contributed by atoms with E-state index in [0.29, 0.717) is 22.6 Å². The number of hydrogen-bond donors (Lipinski definition) is 0. The molecule has 0 aliphatic rings. The third kappa shape index (κ3) is 7.21. The maximum atomic E-state index is 11.2. The average molecular weight is 799 g/mol. The van der Waals surface area contributed by atoms with Crippen LogP contribution in [0, 0.1) is 17.9 Å². The molecular weight excluding hydrogens is 753 g/mol. The van der Waals surface area contributed by atoms with E-state index in [1.165, 1.54) is 11.1 Å². The van der Waals surface area contributed by atoms with Crippen LogP contribution in [0.3, 0.4) is 0 Å². The molecule has 0 aliphatic carbocycles. The van der Waals surface area contributed by atoms with Crippen LogP contribution in [0.15, 0.2) is 170 Å². The van der Waals surface area contributed by atoms with E-state index >= 15 is 0 Å². The fourth-order valence-electron chi connectivity index (χ4n) is 8.59. The number of pyridine rings is 2. The van der Waals surface area contributed by atoms with Gasteiger partial charge in [-0.1, -0.05) is 199 Å². The Balaban J connectivity index is 1.38. The molecule has 0 fully saturated rings. The molecule has 2 aromatic heterocycles. The molecule has 0 spiro atoms. The van der Waals surface area contributed by atoms with E-state index < -0.39 is 0 Å². The molecule has 0 saturated heterocycles. The number of rotatable bonds is 6.